The highest BCUT2D eigenvalue weighted by atomic mass is 16.5. The minimum atomic E-state index is -0.176. The van der Waals surface area contributed by atoms with Crippen LogP contribution in [0.2, 0.25) is 0 Å². The number of hydrogen-bond donors (Lipinski definition) is 3. The Hall–Kier alpha value is -3.28. The summed E-state index contributed by atoms with van der Waals surface area (Å²) in [6.45, 7) is 0. The smallest absolute Gasteiger partial charge is 0.253 e. The zero-order valence-electron chi connectivity index (χ0n) is 15.0. The molecule has 0 radical (unpaired) electrons. The zero-order chi connectivity index (χ0) is 18.8. The van der Waals surface area contributed by atoms with Crippen LogP contribution in [-0.4, -0.2) is 29.9 Å². The topological polar surface area (TPSA) is 83.2 Å². The molecule has 1 aliphatic carbocycles. The Morgan fingerprint density at radius 3 is 2.78 bits per heavy atom. The predicted molar refractivity (Wildman–Crippen MR) is 104 cm³/mol. The molecule has 0 unspecified atom stereocenters. The average molecular weight is 363 g/mol. The van der Waals surface area contributed by atoms with Crippen LogP contribution < -0.4 is 15.4 Å². The van der Waals surface area contributed by atoms with Crippen molar-refractivity contribution in [2.45, 2.75) is 25.3 Å². The molecule has 27 heavy (non-hydrogen) atoms. The van der Waals surface area contributed by atoms with E-state index in [1.54, 1.807) is 31.4 Å². The van der Waals surface area contributed by atoms with Crippen LogP contribution in [0.3, 0.4) is 0 Å². The molecular formula is C21H21N3O3. The van der Waals surface area contributed by atoms with Gasteiger partial charge in [0.15, 0.2) is 0 Å². The summed E-state index contributed by atoms with van der Waals surface area (Å²) in [7, 11) is 1.61. The Morgan fingerprint density at radius 2 is 2.00 bits per heavy atom. The van der Waals surface area contributed by atoms with Crippen LogP contribution in [0, 0.1) is 0 Å². The molecule has 0 spiro atoms. The number of methoxy groups -OCH3 is 1. The predicted octanol–water partition coefficient (Wildman–Crippen LogP) is 3.25. The Morgan fingerprint density at radius 1 is 1.19 bits per heavy atom. The number of hydrogen-bond acceptors (Lipinski definition) is 3. The fourth-order valence-electron chi connectivity index (χ4n) is 3.08. The summed E-state index contributed by atoms with van der Waals surface area (Å²) in [5.74, 6) is 0.418. The number of fused-ring (bicyclic) bond motifs is 1. The van der Waals surface area contributed by atoms with Gasteiger partial charge in [-0.05, 0) is 48.7 Å². The molecular weight excluding hydrogens is 342 g/mol. The maximum absolute atomic E-state index is 12.6. The summed E-state index contributed by atoms with van der Waals surface area (Å²) in [5.41, 5.74) is 2.83. The van der Waals surface area contributed by atoms with E-state index in [0.29, 0.717) is 11.3 Å². The molecule has 3 N–H and O–H groups in total. The van der Waals surface area contributed by atoms with Crippen molar-refractivity contribution in [2.24, 2.45) is 0 Å². The van der Waals surface area contributed by atoms with Gasteiger partial charge in [0.05, 0.1) is 24.8 Å². The monoisotopic (exact) mass is 363 g/mol. The second kappa shape index (κ2) is 7.15. The van der Waals surface area contributed by atoms with Crippen LogP contribution >= 0.6 is 0 Å². The third kappa shape index (κ3) is 3.79. The fraction of sp³-hybridized carbons (Fsp3) is 0.238. The first-order valence-electron chi connectivity index (χ1n) is 8.98. The molecule has 2 amide bonds. The second-order valence-electron chi connectivity index (χ2n) is 6.74. The van der Waals surface area contributed by atoms with Crippen molar-refractivity contribution in [3.63, 3.8) is 0 Å². The van der Waals surface area contributed by atoms with Crippen LogP contribution in [0.1, 0.15) is 28.8 Å². The van der Waals surface area contributed by atoms with Crippen LogP contribution in [0.5, 0.6) is 5.75 Å². The first kappa shape index (κ1) is 17.1. The molecule has 6 heteroatoms. The summed E-state index contributed by atoms with van der Waals surface area (Å²) in [6, 6.07) is 13.0. The minimum Gasteiger partial charge on any atom is -0.497 e. The van der Waals surface area contributed by atoms with Gasteiger partial charge in [-0.25, -0.2) is 0 Å². The number of benzene rings is 2. The summed E-state index contributed by atoms with van der Waals surface area (Å²) < 4.78 is 5.27. The minimum absolute atomic E-state index is 0.148. The van der Waals surface area contributed by atoms with Gasteiger partial charge in [-0.3, -0.25) is 9.59 Å². The first-order chi connectivity index (χ1) is 13.1. The number of carbonyl (C=O) groups excluding carboxylic acids is 2. The molecule has 1 saturated carbocycles. The normalized spacial score (nSPS) is 13.4. The van der Waals surface area contributed by atoms with E-state index in [4.69, 9.17) is 4.74 Å². The summed E-state index contributed by atoms with van der Waals surface area (Å²) >= 11 is 0. The molecule has 1 heterocycles. The standard InChI is InChI=1S/C21H21N3O3/c1-27-15-8-9-18-17(11-15)13(12-22-18)10-20(25)24-19-5-3-2-4-16(19)21(26)23-14-6-7-14/h2-5,8-9,11-12,14,22H,6-7,10H2,1H3,(H,23,26)(H,24,25). The number of aromatic amines is 1. The number of aromatic nitrogens is 1. The molecule has 138 valence electrons. The lowest BCUT2D eigenvalue weighted by Gasteiger charge is -2.11. The van der Waals surface area contributed by atoms with Gasteiger partial charge in [-0.1, -0.05) is 12.1 Å². The molecule has 4 rings (SSSR count). The van der Waals surface area contributed by atoms with E-state index in [9.17, 15) is 9.59 Å². The van der Waals surface area contributed by atoms with Gasteiger partial charge in [-0.15, -0.1) is 0 Å². The number of para-hydroxylation sites is 1. The van der Waals surface area contributed by atoms with Crippen molar-refractivity contribution in [1.29, 1.82) is 0 Å². The Balaban J connectivity index is 1.51. The van der Waals surface area contributed by atoms with Gasteiger partial charge < -0.3 is 20.4 Å². The molecule has 0 bridgehead atoms. The number of carbonyl (C=O) groups is 2. The van der Waals surface area contributed by atoms with E-state index in [1.807, 2.05) is 24.4 Å². The molecule has 1 aliphatic rings. The average Bonchev–Trinajstić information content (AvgIpc) is 3.41. The third-order valence-electron chi connectivity index (χ3n) is 4.68. The van der Waals surface area contributed by atoms with Gasteiger partial charge in [0, 0.05) is 23.1 Å². The van der Waals surface area contributed by atoms with E-state index in [-0.39, 0.29) is 24.3 Å². The molecule has 0 atom stereocenters. The lowest BCUT2D eigenvalue weighted by atomic mass is 10.1. The van der Waals surface area contributed by atoms with Crippen molar-refractivity contribution < 1.29 is 14.3 Å². The largest absolute Gasteiger partial charge is 0.497 e. The van der Waals surface area contributed by atoms with E-state index in [0.717, 1.165) is 35.1 Å². The van der Waals surface area contributed by atoms with Crippen LogP contribution in [-0.2, 0) is 11.2 Å². The van der Waals surface area contributed by atoms with Crippen LogP contribution in [0.4, 0.5) is 5.69 Å². The molecule has 3 aromatic rings. The maximum Gasteiger partial charge on any atom is 0.253 e. The number of H-pyrrole nitrogens is 1. The van der Waals surface area contributed by atoms with Gasteiger partial charge in [0.2, 0.25) is 5.91 Å². The fourth-order valence-corrected chi connectivity index (χ4v) is 3.08. The van der Waals surface area contributed by atoms with Crippen molar-refractivity contribution >= 4 is 28.4 Å². The number of amides is 2. The molecule has 1 aromatic heterocycles. The molecule has 0 aliphatic heterocycles. The molecule has 0 saturated heterocycles. The van der Waals surface area contributed by atoms with E-state index < -0.39 is 0 Å². The summed E-state index contributed by atoms with van der Waals surface area (Å²) in [6.07, 6.45) is 4.07. The summed E-state index contributed by atoms with van der Waals surface area (Å²) in [4.78, 5) is 28.1. The third-order valence-corrected chi connectivity index (χ3v) is 4.68. The summed E-state index contributed by atoms with van der Waals surface area (Å²) in [5, 5.41) is 6.78. The highest BCUT2D eigenvalue weighted by Gasteiger charge is 2.25. The van der Waals surface area contributed by atoms with Crippen molar-refractivity contribution in [2.75, 3.05) is 12.4 Å². The zero-order valence-corrected chi connectivity index (χ0v) is 15.0. The van der Waals surface area contributed by atoms with E-state index >= 15 is 0 Å². The lowest BCUT2D eigenvalue weighted by Crippen LogP contribution is -2.27. The van der Waals surface area contributed by atoms with Crippen molar-refractivity contribution in [1.82, 2.24) is 10.3 Å². The highest BCUT2D eigenvalue weighted by Crippen LogP contribution is 2.25. The van der Waals surface area contributed by atoms with Gasteiger partial charge in [0.25, 0.3) is 5.91 Å². The van der Waals surface area contributed by atoms with Crippen LogP contribution in [0.15, 0.2) is 48.7 Å². The first-order valence-corrected chi connectivity index (χ1v) is 8.98. The van der Waals surface area contributed by atoms with Crippen molar-refractivity contribution in [3.05, 3.63) is 59.8 Å². The maximum atomic E-state index is 12.6. The molecule has 6 nitrogen and oxygen atoms in total. The van der Waals surface area contributed by atoms with Crippen LogP contribution in [0.25, 0.3) is 10.9 Å². The lowest BCUT2D eigenvalue weighted by molar-refractivity contribution is -0.115. The highest BCUT2D eigenvalue weighted by molar-refractivity contribution is 6.04. The Bertz CT molecular complexity index is 1000. The number of ether oxygens (including phenoxy) is 1. The van der Waals surface area contributed by atoms with Gasteiger partial charge >= 0.3 is 0 Å². The van der Waals surface area contributed by atoms with Crippen molar-refractivity contribution in [3.8, 4) is 5.75 Å². The van der Waals surface area contributed by atoms with Gasteiger partial charge in [-0.2, -0.15) is 0 Å². The van der Waals surface area contributed by atoms with E-state index in [2.05, 4.69) is 15.6 Å². The van der Waals surface area contributed by atoms with E-state index in [1.165, 1.54) is 0 Å². The Kier molecular flexibility index (Phi) is 4.54. The second-order valence-corrected chi connectivity index (χ2v) is 6.74. The van der Waals surface area contributed by atoms with Gasteiger partial charge in [0.1, 0.15) is 5.75 Å². The number of anilines is 1. The SMILES string of the molecule is COc1ccc2[nH]cc(CC(=O)Nc3ccccc3C(=O)NC3CC3)c2c1. The Labute approximate surface area is 156 Å². The molecule has 1 fully saturated rings. The number of rotatable bonds is 6. The number of nitrogens with one attached hydrogen (secondary N) is 3. The molecule has 2 aromatic carbocycles. The quantitative estimate of drug-likeness (QED) is 0.629.